The first-order chi connectivity index (χ1) is 6.90. The molecule has 1 aromatic rings. The van der Waals surface area contributed by atoms with Crippen LogP contribution in [0.1, 0.15) is 0 Å². The van der Waals surface area contributed by atoms with Crippen LogP contribution in [0.15, 0.2) is 11.5 Å². The molecule has 0 aromatic carbocycles. The first kappa shape index (κ1) is 9.67. The fourth-order valence-corrected chi connectivity index (χ4v) is 1.61. The van der Waals surface area contributed by atoms with E-state index in [0.29, 0.717) is 0 Å². The molecule has 14 heavy (non-hydrogen) atoms. The minimum atomic E-state index is 0.750. The third kappa shape index (κ3) is 2.13. The van der Waals surface area contributed by atoms with E-state index in [9.17, 15) is 0 Å². The molecule has 0 saturated carbocycles. The highest BCUT2D eigenvalue weighted by molar-refractivity contribution is 7.98. The lowest BCUT2D eigenvalue weighted by Gasteiger charge is -2.26. The van der Waals surface area contributed by atoms with Crippen LogP contribution in [-0.4, -0.2) is 47.5 Å². The van der Waals surface area contributed by atoms with Crippen molar-refractivity contribution in [2.45, 2.75) is 5.16 Å². The van der Waals surface area contributed by atoms with Gasteiger partial charge in [0, 0.05) is 13.1 Å². The molecule has 2 heterocycles. The van der Waals surface area contributed by atoms with Gasteiger partial charge < -0.3 is 9.64 Å². The minimum absolute atomic E-state index is 0.750. The van der Waals surface area contributed by atoms with E-state index in [4.69, 9.17) is 4.74 Å². The normalized spacial score (nSPS) is 17.1. The Morgan fingerprint density at radius 2 is 2.14 bits per heavy atom. The lowest BCUT2D eigenvalue weighted by molar-refractivity contribution is 0.122. The van der Waals surface area contributed by atoms with Gasteiger partial charge in [-0.25, -0.2) is 9.97 Å². The molecule has 6 heteroatoms. The Bertz CT molecular complexity index is 303. The average Bonchev–Trinajstić information content (AvgIpc) is 2.30. The second-order valence-electron chi connectivity index (χ2n) is 2.87. The average molecular weight is 212 g/mol. The molecule has 1 fully saturated rings. The smallest absolute Gasteiger partial charge is 0.229 e. The summed E-state index contributed by atoms with van der Waals surface area (Å²) >= 11 is 1.53. The van der Waals surface area contributed by atoms with E-state index in [0.717, 1.165) is 37.4 Å². The van der Waals surface area contributed by atoms with Gasteiger partial charge in [0.25, 0.3) is 0 Å². The van der Waals surface area contributed by atoms with Crippen molar-refractivity contribution in [3.05, 3.63) is 6.33 Å². The number of hydrogen-bond acceptors (Lipinski definition) is 6. The minimum Gasteiger partial charge on any atom is -0.378 e. The number of nitrogens with zero attached hydrogens (tertiary/aromatic N) is 4. The molecule has 0 amide bonds. The van der Waals surface area contributed by atoms with Crippen molar-refractivity contribution in [1.82, 2.24) is 15.0 Å². The lowest BCUT2D eigenvalue weighted by atomic mass is 10.4. The summed E-state index contributed by atoms with van der Waals surface area (Å²) in [6, 6.07) is 0. The number of ether oxygens (including phenoxy) is 1. The molecule has 0 spiro atoms. The Balaban J connectivity index is 2.13. The first-order valence-electron chi connectivity index (χ1n) is 4.46. The molecule has 0 radical (unpaired) electrons. The standard InChI is InChI=1S/C8H12N4OS/c1-14-8-10-6-9-7(11-8)12-2-4-13-5-3-12/h6H,2-5H2,1H3. The van der Waals surface area contributed by atoms with E-state index in [1.54, 1.807) is 6.33 Å². The molecule has 76 valence electrons. The molecule has 0 atom stereocenters. The van der Waals surface area contributed by atoms with Crippen molar-refractivity contribution in [1.29, 1.82) is 0 Å². The van der Waals surface area contributed by atoms with Gasteiger partial charge >= 0.3 is 0 Å². The number of anilines is 1. The summed E-state index contributed by atoms with van der Waals surface area (Å²) in [6.07, 6.45) is 3.52. The molecule has 1 saturated heterocycles. The van der Waals surface area contributed by atoms with Crippen molar-refractivity contribution < 1.29 is 4.74 Å². The van der Waals surface area contributed by atoms with Gasteiger partial charge in [0.15, 0.2) is 5.16 Å². The third-order valence-corrected chi connectivity index (χ3v) is 2.58. The summed E-state index contributed by atoms with van der Waals surface area (Å²) in [6.45, 7) is 3.22. The van der Waals surface area contributed by atoms with Crippen LogP contribution in [0.2, 0.25) is 0 Å². The molecule has 2 rings (SSSR count). The molecule has 1 aromatic heterocycles. The van der Waals surface area contributed by atoms with Crippen LogP contribution in [0.3, 0.4) is 0 Å². The quantitative estimate of drug-likeness (QED) is 0.663. The maximum Gasteiger partial charge on any atom is 0.229 e. The molecular formula is C8H12N4OS. The van der Waals surface area contributed by atoms with Crippen LogP contribution in [0.25, 0.3) is 0 Å². The number of morpholine rings is 1. The Morgan fingerprint density at radius 3 is 2.86 bits per heavy atom. The van der Waals surface area contributed by atoms with E-state index in [1.807, 2.05) is 6.26 Å². The van der Waals surface area contributed by atoms with E-state index >= 15 is 0 Å². The third-order valence-electron chi connectivity index (χ3n) is 2.01. The largest absolute Gasteiger partial charge is 0.378 e. The predicted molar refractivity (Wildman–Crippen MR) is 54.6 cm³/mol. The number of rotatable bonds is 2. The molecule has 1 aliphatic heterocycles. The van der Waals surface area contributed by atoms with Gasteiger partial charge in [-0.1, -0.05) is 11.8 Å². The number of thioether (sulfide) groups is 1. The van der Waals surface area contributed by atoms with Crippen molar-refractivity contribution in [2.75, 3.05) is 37.5 Å². The fourth-order valence-electron chi connectivity index (χ4n) is 1.29. The topological polar surface area (TPSA) is 51.1 Å². The molecule has 0 aliphatic carbocycles. The first-order valence-corrected chi connectivity index (χ1v) is 5.68. The monoisotopic (exact) mass is 212 g/mol. The highest BCUT2D eigenvalue weighted by atomic mass is 32.2. The van der Waals surface area contributed by atoms with Crippen molar-refractivity contribution in [3.63, 3.8) is 0 Å². The van der Waals surface area contributed by atoms with Crippen LogP contribution >= 0.6 is 11.8 Å². The maximum absolute atomic E-state index is 5.26. The van der Waals surface area contributed by atoms with E-state index in [-0.39, 0.29) is 0 Å². The van der Waals surface area contributed by atoms with Crippen LogP contribution in [0.4, 0.5) is 5.95 Å². The Kier molecular flexibility index (Phi) is 3.15. The second kappa shape index (κ2) is 4.56. The Labute approximate surface area is 86.9 Å². The summed E-state index contributed by atoms with van der Waals surface area (Å²) in [5.74, 6) is 0.757. The van der Waals surface area contributed by atoms with Gasteiger partial charge in [-0.3, -0.25) is 0 Å². The van der Waals surface area contributed by atoms with Crippen LogP contribution in [-0.2, 0) is 4.74 Å². The van der Waals surface area contributed by atoms with Gasteiger partial charge in [-0.15, -0.1) is 0 Å². The predicted octanol–water partition coefficient (Wildman–Crippen LogP) is 0.430. The summed E-state index contributed by atoms with van der Waals surface area (Å²) in [5.41, 5.74) is 0. The van der Waals surface area contributed by atoms with Crippen molar-refractivity contribution in [2.24, 2.45) is 0 Å². The zero-order chi connectivity index (χ0) is 9.80. The van der Waals surface area contributed by atoms with Crippen LogP contribution < -0.4 is 4.90 Å². The van der Waals surface area contributed by atoms with Gasteiger partial charge in [0.2, 0.25) is 5.95 Å². The highest BCUT2D eigenvalue weighted by Gasteiger charge is 2.13. The number of hydrogen-bond donors (Lipinski definition) is 0. The van der Waals surface area contributed by atoms with Gasteiger partial charge in [-0.2, -0.15) is 4.98 Å². The lowest BCUT2D eigenvalue weighted by Crippen LogP contribution is -2.37. The van der Waals surface area contributed by atoms with Gasteiger partial charge in [0.05, 0.1) is 13.2 Å². The van der Waals surface area contributed by atoms with Crippen LogP contribution in [0, 0.1) is 0 Å². The highest BCUT2D eigenvalue weighted by Crippen LogP contribution is 2.12. The molecule has 0 bridgehead atoms. The fraction of sp³-hybridized carbons (Fsp3) is 0.625. The second-order valence-corrected chi connectivity index (χ2v) is 3.64. The molecule has 0 N–H and O–H groups in total. The summed E-state index contributed by atoms with van der Waals surface area (Å²) < 4.78 is 5.26. The number of aromatic nitrogens is 3. The van der Waals surface area contributed by atoms with Gasteiger partial charge in [-0.05, 0) is 6.26 Å². The van der Waals surface area contributed by atoms with Gasteiger partial charge in [0.1, 0.15) is 6.33 Å². The summed E-state index contributed by atoms with van der Waals surface area (Å²) in [4.78, 5) is 14.6. The molecule has 5 nitrogen and oxygen atoms in total. The van der Waals surface area contributed by atoms with E-state index < -0.39 is 0 Å². The SMILES string of the molecule is CSc1ncnc(N2CCOCC2)n1. The molecular weight excluding hydrogens is 200 g/mol. The Morgan fingerprint density at radius 1 is 1.36 bits per heavy atom. The summed E-state index contributed by atoms with van der Waals surface area (Å²) in [7, 11) is 0. The van der Waals surface area contributed by atoms with Crippen molar-refractivity contribution >= 4 is 17.7 Å². The zero-order valence-corrected chi connectivity index (χ0v) is 8.83. The van der Waals surface area contributed by atoms with E-state index in [2.05, 4.69) is 19.9 Å². The summed E-state index contributed by atoms with van der Waals surface area (Å²) in [5, 5.41) is 0.765. The maximum atomic E-state index is 5.26. The van der Waals surface area contributed by atoms with E-state index in [1.165, 1.54) is 11.8 Å². The Hall–Kier alpha value is -0.880. The zero-order valence-electron chi connectivity index (χ0n) is 8.01. The molecule has 0 unspecified atom stereocenters. The van der Waals surface area contributed by atoms with Crippen LogP contribution in [0.5, 0.6) is 0 Å². The van der Waals surface area contributed by atoms with Crippen molar-refractivity contribution in [3.8, 4) is 0 Å². The molecule has 1 aliphatic rings.